The van der Waals surface area contributed by atoms with E-state index < -0.39 is 0 Å². The van der Waals surface area contributed by atoms with Gasteiger partial charge in [0.1, 0.15) is 17.1 Å². The van der Waals surface area contributed by atoms with Crippen LogP contribution in [0.4, 0.5) is 0 Å². The molecule has 5 rings (SSSR count). The van der Waals surface area contributed by atoms with E-state index in [1.165, 1.54) is 29.4 Å². The van der Waals surface area contributed by atoms with Crippen LogP contribution in [-0.2, 0) is 24.1 Å². The molecule has 0 fully saturated rings. The van der Waals surface area contributed by atoms with Gasteiger partial charge in [-0.05, 0) is 55.9 Å². The number of H-pyrrole nitrogens is 1. The molecule has 1 aliphatic rings. The predicted octanol–water partition coefficient (Wildman–Crippen LogP) is 5.56. The summed E-state index contributed by atoms with van der Waals surface area (Å²) in [4.78, 5) is 15.9. The van der Waals surface area contributed by atoms with Gasteiger partial charge in [0, 0.05) is 58.7 Å². The van der Waals surface area contributed by atoms with Gasteiger partial charge in [-0.25, -0.2) is 0 Å². The summed E-state index contributed by atoms with van der Waals surface area (Å²) in [5, 5.41) is 5.36. The lowest BCUT2D eigenvalue weighted by Crippen LogP contribution is -2.23. The number of carbonyl (C=O) groups excluding carboxylic acids is 1. The van der Waals surface area contributed by atoms with Gasteiger partial charge >= 0.3 is 0 Å². The van der Waals surface area contributed by atoms with Crippen LogP contribution in [0.1, 0.15) is 42.2 Å². The minimum absolute atomic E-state index is 0.0984. The van der Waals surface area contributed by atoms with Crippen LogP contribution in [0.25, 0.3) is 27.4 Å². The fourth-order valence-corrected chi connectivity index (χ4v) is 4.75. The van der Waals surface area contributed by atoms with Gasteiger partial charge in [-0.15, -0.1) is 0 Å². The van der Waals surface area contributed by atoms with Crippen molar-refractivity contribution in [1.29, 1.82) is 0 Å². The van der Waals surface area contributed by atoms with E-state index >= 15 is 0 Å². The Bertz CT molecular complexity index is 1330. The molecule has 0 saturated heterocycles. The van der Waals surface area contributed by atoms with E-state index in [1.54, 1.807) is 13.2 Å². The zero-order valence-corrected chi connectivity index (χ0v) is 18.6. The van der Waals surface area contributed by atoms with Crippen molar-refractivity contribution >= 4 is 33.4 Å². The average molecular weight is 429 g/mol. The molecule has 4 aromatic rings. The SMILES string of the molecule is COc1cc2oc3c(c2cc1/C(C)=C/C(=O)NCCc1c[nH]c2ccccc12)CCCC3. The first-order valence-corrected chi connectivity index (χ1v) is 11.3. The highest BCUT2D eigenvalue weighted by molar-refractivity contribution is 5.97. The highest BCUT2D eigenvalue weighted by Crippen LogP contribution is 2.37. The van der Waals surface area contributed by atoms with Crippen molar-refractivity contribution in [2.24, 2.45) is 0 Å². The summed E-state index contributed by atoms with van der Waals surface area (Å²) in [5.74, 6) is 1.73. The minimum Gasteiger partial charge on any atom is -0.496 e. The van der Waals surface area contributed by atoms with Crippen molar-refractivity contribution in [3.05, 3.63) is 71.1 Å². The molecule has 0 bridgehead atoms. The molecule has 0 unspecified atom stereocenters. The van der Waals surface area contributed by atoms with Gasteiger partial charge in [0.15, 0.2) is 0 Å². The molecule has 5 nitrogen and oxygen atoms in total. The summed E-state index contributed by atoms with van der Waals surface area (Å²) in [6.45, 7) is 2.53. The second-order valence-corrected chi connectivity index (χ2v) is 8.49. The third kappa shape index (κ3) is 3.79. The third-order valence-electron chi connectivity index (χ3n) is 6.42. The lowest BCUT2D eigenvalue weighted by atomic mass is 9.94. The van der Waals surface area contributed by atoms with Crippen LogP contribution in [0.15, 0.2) is 53.1 Å². The molecule has 2 N–H and O–H groups in total. The van der Waals surface area contributed by atoms with Crippen LogP contribution >= 0.6 is 0 Å². The van der Waals surface area contributed by atoms with Crippen molar-refractivity contribution in [1.82, 2.24) is 10.3 Å². The summed E-state index contributed by atoms with van der Waals surface area (Å²) in [5.41, 5.74) is 6.31. The number of methoxy groups -OCH3 is 1. The molecule has 32 heavy (non-hydrogen) atoms. The number of aryl methyl sites for hydroxylation is 2. The Balaban J connectivity index is 1.32. The number of allylic oxidation sites excluding steroid dienone is 1. The molecule has 2 heterocycles. The van der Waals surface area contributed by atoms with Crippen LogP contribution in [-0.4, -0.2) is 24.5 Å². The number of furan rings is 1. The van der Waals surface area contributed by atoms with Crippen molar-refractivity contribution in [3.63, 3.8) is 0 Å². The van der Waals surface area contributed by atoms with E-state index in [9.17, 15) is 4.79 Å². The molecule has 0 radical (unpaired) electrons. The Morgan fingerprint density at radius 2 is 2.03 bits per heavy atom. The summed E-state index contributed by atoms with van der Waals surface area (Å²) in [7, 11) is 1.65. The molecule has 2 aromatic carbocycles. The number of amides is 1. The molecule has 0 saturated carbocycles. The Labute approximate surface area is 187 Å². The molecular weight excluding hydrogens is 400 g/mol. The lowest BCUT2D eigenvalue weighted by Gasteiger charge is -2.11. The number of ether oxygens (including phenoxy) is 1. The van der Waals surface area contributed by atoms with E-state index in [0.29, 0.717) is 6.54 Å². The van der Waals surface area contributed by atoms with Crippen molar-refractivity contribution in [3.8, 4) is 5.75 Å². The number of aromatic nitrogens is 1. The first-order valence-electron chi connectivity index (χ1n) is 11.3. The smallest absolute Gasteiger partial charge is 0.244 e. The Morgan fingerprint density at radius 1 is 1.19 bits per heavy atom. The van der Waals surface area contributed by atoms with Gasteiger partial charge in [-0.1, -0.05) is 18.2 Å². The number of aromatic amines is 1. The number of rotatable bonds is 6. The Morgan fingerprint density at radius 3 is 2.91 bits per heavy atom. The molecule has 164 valence electrons. The number of fused-ring (bicyclic) bond motifs is 4. The first-order chi connectivity index (χ1) is 15.6. The number of nitrogens with one attached hydrogen (secondary N) is 2. The van der Waals surface area contributed by atoms with E-state index in [2.05, 4.69) is 28.5 Å². The molecule has 0 spiro atoms. The van der Waals surface area contributed by atoms with Crippen LogP contribution in [0.3, 0.4) is 0 Å². The van der Waals surface area contributed by atoms with Gasteiger partial charge in [0.05, 0.1) is 7.11 Å². The van der Waals surface area contributed by atoms with Crippen LogP contribution < -0.4 is 10.1 Å². The molecule has 5 heteroatoms. The second kappa shape index (κ2) is 8.58. The van der Waals surface area contributed by atoms with Gasteiger partial charge in [0.25, 0.3) is 0 Å². The molecule has 2 aromatic heterocycles. The average Bonchev–Trinajstić information content (AvgIpc) is 3.39. The van der Waals surface area contributed by atoms with E-state index in [0.717, 1.165) is 58.4 Å². The zero-order chi connectivity index (χ0) is 22.1. The zero-order valence-electron chi connectivity index (χ0n) is 18.6. The van der Waals surface area contributed by atoms with Gasteiger partial charge in [-0.3, -0.25) is 4.79 Å². The van der Waals surface area contributed by atoms with Gasteiger partial charge in [-0.2, -0.15) is 0 Å². The maximum Gasteiger partial charge on any atom is 0.244 e. The quantitative estimate of drug-likeness (QED) is 0.395. The number of hydrogen-bond donors (Lipinski definition) is 2. The summed E-state index contributed by atoms with van der Waals surface area (Å²) < 4.78 is 11.7. The lowest BCUT2D eigenvalue weighted by molar-refractivity contribution is -0.116. The summed E-state index contributed by atoms with van der Waals surface area (Å²) in [6.07, 6.45) is 8.86. The van der Waals surface area contributed by atoms with Crippen molar-refractivity contribution in [2.45, 2.75) is 39.0 Å². The number of benzene rings is 2. The standard InChI is InChI=1S/C27H28N2O3/c1-17(13-27(30)28-12-11-18-16-29-23-9-5-3-7-19(18)23)21-14-22-20-8-4-6-10-24(20)32-26(22)15-25(21)31-2/h3,5,7,9,13-16,29H,4,6,8,10-12H2,1-2H3,(H,28,30)/b17-13+. The van der Waals surface area contributed by atoms with Crippen LogP contribution in [0, 0.1) is 0 Å². The molecule has 0 aliphatic heterocycles. The highest BCUT2D eigenvalue weighted by atomic mass is 16.5. The van der Waals surface area contributed by atoms with Crippen LogP contribution in [0.5, 0.6) is 5.75 Å². The van der Waals surface area contributed by atoms with Gasteiger partial charge in [0.2, 0.25) is 5.91 Å². The van der Waals surface area contributed by atoms with E-state index in [4.69, 9.17) is 9.15 Å². The maximum atomic E-state index is 12.6. The van der Waals surface area contributed by atoms with Gasteiger partial charge < -0.3 is 19.5 Å². The maximum absolute atomic E-state index is 12.6. The second-order valence-electron chi connectivity index (χ2n) is 8.49. The van der Waals surface area contributed by atoms with E-state index in [-0.39, 0.29) is 5.91 Å². The van der Waals surface area contributed by atoms with E-state index in [1.807, 2.05) is 31.3 Å². The third-order valence-corrected chi connectivity index (χ3v) is 6.42. The number of carbonyl (C=O) groups is 1. The molecule has 1 aliphatic carbocycles. The molecule has 1 amide bonds. The molecule has 0 atom stereocenters. The molecular formula is C27H28N2O3. The summed E-state index contributed by atoms with van der Waals surface area (Å²) >= 11 is 0. The fourth-order valence-electron chi connectivity index (χ4n) is 4.75. The Kier molecular flexibility index (Phi) is 5.48. The van der Waals surface area contributed by atoms with Crippen molar-refractivity contribution < 1.29 is 13.9 Å². The number of para-hydroxylation sites is 1. The van der Waals surface area contributed by atoms with Crippen LogP contribution in [0.2, 0.25) is 0 Å². The highest BCUT2D eigenvalue weighted by Gasteiger charge is 2.20. The normalized spacial score (nSPS) is 14.0. The predicted molar refractivity (Wildman–Crippen MR) is 128 cm³/mol. The largest absolute Gasteiger partial charge is 0.496 e. The van der Waals surface area contributed by atoms with Crippen molar-refractivity contribution in [2.75, 3.05) is 13.7 Å². The summed E-state index contributed by atoms with van der Waals surface area (Å²) in [6, 6.07) is 12.3. The number of hydrogen-bond acceptors (Lipinski definition) is 3. The minimum atomic E-state index is -0.0984. The monoisotopic (exact) mass is 428 g/mol. The first kappa shape index (κ1) is 20.4. The topological polar surface area (TPSA) is 67.3 Å². The fraction of sp³-hybridized carbons (Fsp3) is 0.296. The Hall–Kier alpha value is -3.47.